The van der Waals surface area contributed by atoms with E-state index in [0.29, 0.717) is 18.3 Å². The minimum absolute atomic E-state index is 0.145. The smallest absolute Gasteiger partial charge is 0.292 e. The van der Waals surface area contributed by atoms with E-state index in [-0.39, 0.29) is 29.2 Å². The van der Waals surface area contributed by atoms with Crippen LogP contribution in [-0.2, 0) is 9.59 Å². The standard InChI is InChI=1S/C20H27N3O4/c1-11-2-5-16(12-3-4-15(24)8-12)17(6-11)18(25)20(27)23-14-7-13(19(21)26)9-22-10-14/h7,9-12,15-17,24H,2-6,8H2,1H3,(H2,21,26)(H,23,27)/t11-,12?,15?,16+,17?/m1/s1. The minimum atomic E-state index is -0.680. The molecule has 2 aliphatic carbocycles. The van der Waals surface area contributed by atoms with Crippen LogP contribution in [0.2, 0.25) is 0 Å². The van der Waals surface area contributed by atoms with Gasteiger partial charge in [0, 0.05) is 12.1 Å². The number of amides is 2. The van der Waals surface area contributed by atoms with Crippen LogP contribution in [-0.4, -0.2) is 33.8 Å². The normalized spacial score (nSPS) is 30.7. The van der Waals surface area contributed by atoms with Crippen molar-refractivity contribution in [3.8, 4) is 0 Å². The quantitative estimate of drug-likeness (QED) is 0.680. The van der Waals surface area contributed by atoms with Crippen LogP contribution in [0.3, 0.4) is 0 Å². The number of nitrogens with zero attached hydrogens (tertiary/aromatic N) is 1. The van der Waals surface area contributed by atoms with Crippen LogP contribution in [0.25, 0.3) is 0 Å². The second-order valence-corrected chi connectivity index (χ2v) is 8.06. The number of rotatable bonds is 5. The molecule has 0 bridgehead atoms. The van der Waals surface area contributed by atoms with E-state index in [1.165, 1.54) is 18.5 Å². The second-order valence-electron chi connectivity index (χ2n) is 8.06. The maximum atomic E-state index is 12.9. The summed E-state index contributed by atoms with van der Waals surface area (Å²) >= 11 is 0. The average Bonchev–Trinajstić information content (AvgIpc) is 3.07. The zero-order chi connectivity index (χ0) is 19.6. The van der Waals surface area contributed by atoms with E-state index in [4.69, 9.17) is 5.73 Å². The van der Waals surface area contributed by atoms with Gasteiger partial charge in [-0.15, -0.1) is 0 Å². The monoisotopic (exact) mass is 373 g/mol. The van der Waals surface area contributed by atoms with Crippen LogP contribution in [0, 0.1) is 23.7 Å². The SMILES string of the molecule is C[C@@H]1CC[C@@H](C2CCC(O)C2)C(C(=O)C(=O)Nc2cncc(C(N)=O)c2)C1. The molecule has 4 N–H and O–H groups in total. The molecule has 1 heterocycles. The lowest BCUT2D eigenvalue weighted by molar-refractivity contribution is -0.140. The molecule has 0 aliphatic heterocycles. The van der Waals surface area contributed by atoms with Gasteiger partial charge in [-0.1, -0.05) is 13.3 Å². The number of nitrogens with two attached hydrogens (primary N) is 1. The Kier molecular flexibility index (Phi) is 5.89. The lowest BCUT2D eigenvalue weighted by atomic mass is 9.67. The number of hydrogen-bond acceptors (Lipinski definition) is 5. The first-order valence-electron chi connectivity index (χ1n) is 9.63. The molecule has 7 nitrogen and oxygen atoms in total. The molecule has 3 rings (SSSR count). The predicted molar refractivity (Wildman–Crippen MR) is 99.7 cm³/mol. The third-order valence-electron chi connectivity index (χ3n) is 6.06. The Hall–Kier alpha value is -2.28. The number of pyridine rings is 1. The molecule has 5 atom stereocenters. The van der Waals surface area contributed by atoms with E-state index < -0.39 is 17.6 Å². The van der Waals surface area contributed by atoms with Gasteiger partial charge in [0.15, 0.2) is 0 Å². The van der Waals surface area contributed by atoms with E-state index in [2.05, 4.69) is 17.2 Å². The highest BCUT2D eigenvalue weighted by atomic mass is 16.3. The summed E-state index contributed by atoms with van der Waals surface area (Å²) in [7, 11) is 0. The van der Waals surface area contributed by atoms with E-state index in [0.717, 1.165) is 32.1 Å². The summed E-state index contributed by atoms with van der Waals surface area (Å²) in [6, 6.07) is 1.41. The van der Waals surface area contributed by atoms with E-state index >= 15 is 0 Å². The molecule has 0 saturated heterocycles. The molecule has 0 aromatic carbocycles. The molecule has 1 aromatic heterocycles. The maximum absolute atomic E-state index is 12.9. The molecule has 0 spiro atoms. The number of carbonyl (C=O) groups excluding carboxylic acids is 3. The van der Waals surface area contributed by atoms with Crippen molar-refractivity contribution in [2.75, 3.05) is 5.32 Å². The number of aliphatic hydroxyl groups is 1. The van der Waals surface area contributed by atoms with Crippen molar-refractivity contribution in [3.63, 3.8) is 0 Å². The Balaban J connectivity index is 1.72. The van der Waals surface area contributed by atoms with Crippen molar-refractivity contribution in [2.45, 2.75) is 51.6 Å². The van der Waals surface area contributed by atoms with Gasteiger partial charge in [-0.3, -0.25) is 19.4 Å². The third kappa shape index (κ3) is 4.53. The Bertz CT molecular complexity index is 736. The molecular formula is C20H27N3O4. The highest BCUT2D eigenvalue weighted by molar-refractivity contribution is 6.41. The van der Waals surface area contributed by atoms with E-state index in [9.17, 15) is 19.5 Å². The fourth-order valence-corrected chi connectivity index (χ4v) is 4.65. The average molecular weight is 373 g/mol. The molecular weight excluding hydrogens is 346 g/mol. The number of nitrogens with one attached hydrogen (secondary N) is 1. The van der Waals surface area contributed by atoms with Crippen molar-refractivity contribution in [2.24, 2.45) is 29.4 Å². The van der Waals surface area contributed by atoms with Crippen molar-refractivity contribution < 1.29 is 19.5 Å². The van der Waals surface area contributed by atoms with Crippen LogP contribution < -0.4 is 11.1 Å². The van der Waals surface area contributed by atoms with Crippen LogP contribution in [0.4, 0.5) is 5.69 Å². The number of Topliss-reactive ketones (excluding diaryl/α,β-unsaturated/α-hetero) is 1. The fraction of sp³-hybridized carbons (Fsp3) is 0.600. The van der Waals surface area contributed by atoms with Crippen molar-refractivity contribution in [1.29, 1.82) is 0 Å². The van der Waals surface area contributed by atoms with Gasteiger partial charge in [-0.2, -0.15) is 0 Å². The van der Waals surface area contributed by atoms with Gasteiger partial charge in [0.25, 0.3) is 5.91 Å². The lowest BCUT2D eigenvalue weighted by Gasteiger charge is -2.37. The van der Waals surface area contributed by atoms with Crippen molar-refractivity contribution >= 4 is 23.3 Å². The first kappa shape index (κ1) is 19.5. The second kappa shape index (κ2) is 8.17. The van der Waals surface area contributed by atoms with Gasteiger partial charge >= 0.3 is 0 Å². The number of anilines is 1. The van der Waals surface area contributed by atoms with Gasteiger partial charge in [0.2, 0.25) is 11.7 Å². The van der Waals surface area contributed by atoms with Gasteiger partial charge in [-0.05, 0) is 55.9 Å². The maximum Gasteiger partial charge on any atom is 0.292 e. The van der Waals surface area contributed by atoms with Crippen molar-refractivity contribution in [1.82, 2.24) is 4.98 Å². The fourth-order valence-electron chi connectivity index (χ4n) is 4.65. The molecule has 2 aliphatic rings. The zero-order valence-corrected chi connectivity index (χ0v) is 15.6. The number of ketones is 1. The molecule has 0 radical (unpaired) electrons. The Morgan fingerprint density at radius 1 is 1.15 bits per heavy atom. The Morgan fingerprint density at radius 2 is 1.93 bits per heavy atom. The highest BCUT2D eigenvalue weighted by Gasteiger charge is 2.42. The topological polar surface area (TPSA) is 122 Å². The number of primary amides is 1. The van der Waals surface area contributed by atoms with Gasteiger partial charge in [-0.25, -0.2) is 0 Å². The van der Waals surface area contributed by atoms with Crippen LogP contribution in [0.15, 0.2) is 18.5 Å². The molecule has 3 unspecified atom stereocenters. The summed E-state index contributed by atoms with van der Waals surface area (Å²) in [5, 5.41) is 12.4. The van der Waals surface area contributed by atoms with Gasteiger partial charge < -0.3 is 16.2 Å². The molecule has 2 amide bonds. The number of aromatic nitrogens is 1. The molecule has 1 aromatic rings. The first-order valence-corrected chi connectivity index (χ1v) is 9.63. The van der Waals surface area contributed by atoms with E-state index in [1.807, 2.05) is 0 Å². The minimum Gasteiger partial charge on any atom is -0.393 e. The third-order valence-corrected chi connectivity index (χ3v) is 6.06. The Labute approximate surface area is 158 Å². The largest absolute Gasteiger partial charge is 0.393 e. The number of hydrogen-bond donors (Lipinski definition) is 3. The summed E-state index contributed by atoms with van der Waals surface area (Å²) in [4.78, 5) is 40.6. The number of aliphatic hydroxyl groups excluding tert-OH is 1. The Morgan fingerprint density at radius 3 is 2.59 bits per heavy atom. The highest BCUT2D eigenvalue weighted by Crippen LogP contribution is 2.44. The molecule has 27 heavy (non-hydrogen) atoms. The summed E-state index contributed by atoms with van der Waals surface area (Å²) in [5.41, 5.74) is 5.68. The van der Waals surface area contributed by atoms with Crippen LogP contribution in [0.5, 0.6) is 0 Å². The summed E-state index contributed by atoms with van der Waals surface area (Å²) in [6.07, 6.45) is 7.47. The summed E-state index contributed by atoms with van der Waals surface area (Å²) < 4.78 is 0. The van der Waals surface area contributed by atoms with E-state index in [1.54, 1.807) is 0 Å². The van der Waals surface area contributed by atoms with Crippen LogP contribution >= 0.6 is 0 Å². The van der Waals surface area contributed by atoms with Gasteiger partial charge in [0.05, 0.1) is 23.6 Å². The molecule has 2 saturated carbocycles. The lowest BCUT2D eigenvalue weighted by Crippen LogP contribution is -2.39. The predicted octanol–water partition coefficient (Wildman–Crippen LogP) is 1.90. The molecule has 2 fully saturated rings. The van der Waals surface area contributed by atoms with Crippen molar-refractivity contribution in [3.05, 3.63) is 24.0 Å². The van der Waals surface area contributed by atoms with Crippen LogP contribution in [0.1, 0.15) is 55.8 Å². The summed E-state index contributed by atoms with van der Waals surface area (Å²) in [5.74, 6) is -1.23. The van der Waals surface area contributed by atoms with Gasteiger partial charge in [0.1, 0.15) is 0 Å². The first-order chi connectivity index (χ1) is 12.8. The zero-order valence-electron chi connectivity index (χ0n) is 15.6. The molecule has 146 valence electrons. The summed E-state index contributed by atoms with van der Waals surface area (Å²) in [6.45, 7) is 2.11. The number of carbonyl (C=O) groups is 3. The molecule has 7 heteroatoms.